The van der Waals surface area contributed by atoms with E-state index in [1.54, 1.807) is 0 Å². The van der Waals surface area contributed by atoms with Crippen molar-refractivity contribution in [2.45, 2.75) is 58.1 Å². The van der Waals surface area contributed by atoms with E-state index in [-0.39, 0.29) is 12.0 Å². The molecule has 6 heteroatoms. The summed E-state index contributed by atoms with van der Waals surface area (Å²) in [6.45, 7) is 4.40. The van der Waals surface area contributed by atoms with Crippen LogP contribution in [0.5, 0.6) is 0 Å². The van der Waals surface area contributed by atoms with Gasteiger partial charge in [0.15, 0.2) is 0 Å². The van der Waals surface area contributed by atoms with Gasteiger partial charge in [-0.1, -0.05) is 30.3 Å². The number of benzene rings is 1. The van der Waals surface area contributed by atoms with Gasteiger partial charge in [0.05, 0.1) is 25.0 Å². The molecule has 1 amide bonds. The fourth-order valence-corrected chi connectivity index (χ4v) is 5.03. The van der Waals surface area contributed by atoms with Crippen LogP contribution >= 0.6 is 0 Å². The Morgan fingerprint density at radius 3 is 2.85 bits per heavy atom. The topological polar surface area (TPSA) is 60.2 Å². The molecule has 1 atom stereocenters. The van der Waals surface area contributed by atoms with Crippen LogP contribution < -0.4 is 0 Å². The van der Waals surface area contributed by atoms with Gasteiger partial charge in [0, 0.05) is 30.9 Å². The highest BCUT2D eigenvalue weighted by atomic mass is 16.5. The molecule has 0 unspecified atom stereocenters. The van der Waals surface area contributed by atoms with E-state index >= 15 is 0 Å². The van der Waals surface area contributed by atoms with Crippen LogP contribution in [-0.2, 0) is 35.3 Å². The first kappa shape index (κ1) is 21.8. The van der Waals surface area contributed by atoms with Gasteiger partial charge in [0.1, 0.15) is 6.10 Å². The van der Waals surface area contributed by atoms with Gasteiger partial charge in [-0.3, -0.25) is 14.5 Å². The van der Waals surface area contributed by atoms with E-state index < -0.39 is 0 Å². The minimum atomic E-state index is -0.186. The van der Waals surface area contributed by atoms with E-state index in [2.05, 4.69) is 41.5 Å². The van der Waals surface area contributed by atoms with Crippen molar-refractivity contribution in [2.24, 2.45) is 0 Å². The number of aryl methyl sites for hydroxylation is 3. The van der Waals surface area contributed by atoms with Crippen LogP contribution in [0.1, 0.15) is 59.1 Å². The summed E-state index contributed by atoms with van der Waals surface area (Å²) >= 11 is 0. The molecule has 3 aromatic rings. The molecule has 1 aliphatic carbocycles. The van der Waals surface area contributed by atoms with Gasteiger partial charge in [-0.25, -0.2) is 0 Å². The fourth-order valence-electron chi connectivity index (χ4n) is 5.03. The van der Waals surface area contributed by atoms with Crippen LogP contribution in [0.15, 0.2) is 48.7 Å². The maximum absolute atomic E-state index is 13.0. The van der Waals surface area contributed by atoms with Crippen molar-refractivity contribution in [3.63, 3.8) is 0 Å². The second-order valence-corrected chi connectivity index (χ2v) is 9.20. The minimum absolute atomic E-state index is 0.167. The molecule has 1 aliphatic heterocycles. The minimum Gasteiger partial charge on any atom is -0.368 e. The number of ether oxygens (including phenoxy) is 1. The summed E-state index contributed by atoms with van der Waals surface area (Å²) in [6, 6.07) is 14.7. The summed E-state index contributed by atoms with van der Waals surface area (Å²) < 4.78 is 8.10. The molecule has 0 bridgehead atoms. The number of carbonyl (C=O) groups is 1. The molecule has 0 spiro atoms. The number of fused-ring (bicyclic) bond motifs is 1. The third kappa shape index (κ3) is 5.17. The van der Waals surface area contributed by atoms with E-state index in [1.165, 1.54) is 35.2 Å². The van der Waals surface area contributed by atoms with Gasteiger partial charge < -0.3 is 9.64 Å². The Balaban J connectivity index is 1.23. The van der Waals surface area contributed by atoms with Crippen LogP contribution in [0.2, 0.25) is 0 Å². The maximum Gasteiger partial charge on any atom is 0.224 e. The number of carbonyl (C=O) groups excluding carboxylic acids is 1. The normalized spacial score (nSPS) is 18.2. The molecule has 3 heterocycles. The standard InChI is InChI=1S/C27H32N4O2/c1-20-15-22(16-21-7-3-2-4-8-21)17-24(29-20)26-19-30(13-14-33-26)27(32)11-12-31-25-10-6-5-9-23(25)18-28-31/h2-4,7-8,15,17-18,26H,5-6,9-14,16,19H2,1H3/t26-/m0/s1. The molecule has 0 saturated carbocycles. The number of amides is 1. The molecule has 1 fully saturated rings. The van der Waals surface area contributed by atoms with E-state index in [4.69, 9.17) is 9.72 Å². The molecule has 6 nitrogen and oxygen atoms in total. The molecule has 0 N–H and O–H groups in total. The average Bonchev–Trinajstić information content (AvgIpc) is 3.26. The smallest absolute Gasteiger partial charge is 0.224 e. The number of hydrogen-bond donors (Lipinski definition) is 0. The van der Waals surface area contributed by atoms with Crippen LogP contribution in [0, 0.1) is 6.92 Å². The third-order valence-electron chi connectivity index (χ3n) is 6.72. The quantitative estimate of drug-likeness (QED) is 0.576. The first-order chi connectivity index (χ1) is 16.2. The van der Waals surface area contributed by atoms with Crippen molar-refractivity contribution < 1.29 is 9.53 Å². The van der Waals surface area contributed by atoms with Crippen molar-refractivity contribution in [1.29, 1.82) is 0 Å². The Hall–Kier alpha value is -2.99. The molecule has 0 radical (unpaired) electrons. The summed E-state index contributed by atoms with van der Waals surface area (Å²) in [5, 5.41) is 4.54. The Labute approximate surface area is 195 Å². The highest BCUT2D eigenvalue weighted by molar-refractivity contribution is 5.76. The first-order valence-electron chi connectivity index (χ1n) is 12.1. The molecular formula is C27H32N4O2. The number of pyridine rings is 1. The first-order valence-corrected chi connectivity index (χ1v) is 12.1. The highest BCUT2D eigenvalue weighted by Crippen LogP contribution is 2.24. The summed E-state index contributed by atoms with van der Waals surface area (Å²) in [4.78, 5) is 19.7. The average molecular weight is 445 g/mol. The highest BCUT2D eigenvalue weighted by Gasteiger charge is 2.27. The number of morpholine rings is 1. The predicted molar refractivity (Wildman–Crippen MR) is 127 cm³/mol. The number of aromatic nitrogens is 3. The van der Waals surface area contributed by atoms with E-state index in [0.29, 0.717) is 32.7 Å². The number of rotatable bonds is 6. The van der Waals surface area contributed by atoms with Crippen molar-refractivity contribution in [1.82, 2.24) is 19.7 Å². The van der Waals surface area contributed by atoms with Gasteiger partial charge in [-0.05, 0) is 67.9 Å². The fraction of sp³-hybridized carbons (Fsp3) is 0.444. The second kappa shape index (κ2) is 9.87. The number of hydrogen-bond acceptors (Lipinski definition) is 4. The SMILES string of the molecule is Cc1cc(Cc2ccccc2)cc([C@@H]2CN(C(=O)CCn3ncc4c3CCCC4)CCO2)n1. The lowest BCUT2D eigenvalue weighted by molar-refractivity contribution is -0.139. The Kier molecular flexibility index (Phi) is 6.53. The van der Waals surface area contributed by atoms with Crippen molar-refractivity contribution in [3.8, 4) is 0 Å². The van der Waals surface area contributed by atoms with E-state index in [9.17, 15) is 4.79 Å². The van der Waals surface area contributed by atoms with Crippen LogP contribution in [-0.4, -0.2) is 45.3 Å². The van der Waals surface area contributed by atoms with Gasteiger partial charge in [0.2, 0.25) is 5.91 Å². The summed E-state index contributed by atoms with van der Waals surface area (Å²) in [6.07, 6.45) is 7.79. The zero-order valence-corrected chi connectivity index (χ0v) is 19.4. The predicted octanol–water partition coefficient (Wildman–Crippen LogP) is 4.05. The molecule has 172 valence electrons. The Morgan fingerprint density at radius 1 is 1.12 bits per heavy atom. The Bertz CT molecular complexity index is 1110. The molecule has 2 aromatic heterocycles. The van der Waals surface area contributed by atoms with Crippen molar-refractivity contribution in [2.75, 3.05) is 19.7 Å². The molecular weight excluding hydrogens is 412 g/mol. The van der Waals surface area contributed by atoms with Gasteiger partial charge in [-0.2, -0.15) is 5.10 Å². The molecule has 2 aliphatic rings. The second-order valence-electron chi connectivity index (χ2n) is 9.20. The van der Waals surface area contributed by atoms with Crippen LogP contribution in [0.4, 0.5) is 0 Å². The zero-order chi connectivity index (χ0) is 22.6. The van der Waals surface area contributed by atoms with E-state index in [0.717, 1.165) is 30.7 Å². The molecule has 33 heavy (non-hydrogen) atoms. The van der Waals surface area contributed by atoms with Crippen LogP contribution in [0.25, 0.3) is 0 Å². The lowest BCUT2D eigenvalue weighted by Gasteiger charge is -2.33. The summed E-state index contributed by atoms with van der Waals surface area (Å²) in [5.74, 6) is 0.167. The Morgan fingerprint density at radius 2 is 1.97 bits per heavy atom. The van der Waals surface area contributed by atoms with Gasteiger partial charge >= 0.3 is 0 Å². The van der Waals surface area contributed by atoms with Crippen molar-refractivity contribution in [3.05, 3.63) is 82.4 Å². The van der Waals surface area contributed by atoms with E-state index in [1.807, 2.05) is 28.8 Å². The lowest BCUT2D eigenvalue weighted by atomic mass is 9.98. The zero-order valence-electron chi connectivity index (χ0n) is 19.4. The van der Waals surface area contributed by atoms with Crippen molar-refractivity contribution >= 4 is 5.91 Å². The maximum atomic E-state index is 13.0. The third-order valence-corrected chi connectivity index (χ3v) is 6.72. The van der Waals surface area contributed by atoms with Gasteiger partial charge in [0.25, 0.3) is 0 Å². The molecule has 1 saturated heterocycles. The van der Waals surface area contributed by atoms with Crippen LogP contribution in [0.3, 0.4) is 0 Å². The molecule has 1 aromatic carbocycles. The molecule has 5 rings (SSSR count). The summed E-state index contributed by atoms with van der Waals surface area (Å²) in [7, 11) is 0. The monoisotopic (exact) mass is 444 g/mol. The van der Waals surface area contributed by atoms with Gasteiger partial charge in [-0.15, -0.1) is 0 Å². The lowest BCUT2D eigenvalue weighted by Crippen LogP contribution is -2.42. The summed E-state index contributed by atoms with van der Waals surface area (Å²) in [5.41, 5.74) is 7.07. The largest absolute Gasteiger partial charge is 0.368 e. The number of nitrogens with zero attached hydrogens (tertiary/aromatic N) is 4.